The van der Waals surface area contributed by atoms with Crippen molar-refractivity contribution in [3.8, 4) is 17.0 Å². The van der Waals surface area contributed by atoms with E-state index in [0.717, 1.165) is 27.0 Å². The molecule has 0 saturated carbocycles. The zero-order valence-electron chi connectivity index (χ0n) is 13.0. The van der Waals surface area contributed by atoms with E-state index in [0.29, 0.717) is 11.6 Å². The van der Waals surface area contributed by atoms with Gasteiger partial charge in [-0.1, -0.05) is 30.3 Å². The number of benzene rings is 2. The van der Waals surface area contributed by atoms with Crippen LogP contribution >= 0.6 is 27.3 Å². The number of halogens is 1. The van der Waals surface area contributed by atoms with Gasteiger partial charge in [0, 0.05) is 10.9 Å². The zero-order valence-corrected chi connectivity index (χ0v) is 15.4. The van der Waals surface area contributed by atoms with Crippen molar-refractivity contribution in [3.63, 3.8) is 0 Å². The maximum absolute atomic E-state index is 12.1. The number of aromatic nitrogens is 1. The molecule has 0 spiro atoms. The number of amides is 1. The predicted molar refractivity (Wildman–Crippen MR) is 101 cm³/mol. The van der Waals surface area contributed by atoms with Crippen molar-refractivity contribution in [1.29, 1.82) is 0 Å². The summed E-state index contributed by atoms with van der Waals surface area (Å²) in [7, 11) is 1.63. The van der Waals surface area contributed by atoms with Crippen LogP contribution in [0.1, 0.15) is 5.56 Å². The number of anilines is 1. The number of nitrogens with zero attached hydrogens (tertiary/aromatic N) is 1. The molecule has 0 aliphatic heterocycles. The van der Waals surface area contributed by atoms with Crippen molar-refractivity contribution < 1.29 is 9.53 Å². The van der Waals surface area contributed by atoms with E-state index in [1.54, 1.807) is 7.11 Å². The van der Waals surface area contributed by atoms with Gasteiger partial charge in [-0.05, 0) is 39.7 Å². The molecule has 0 atom stereocenters. The fourth-order valence-electron chi connectivity index (χ4n) is 2.23. The summed E-state index contributed by atoms with van der Waals surface area (Å²) < 4.78 is 6.09. The first-order chi connectivity index (χ1) is 11.7. The summed E-state index contributed by atoms with van der Waals surface area (Å²) in [6.45, 7) is 0. The Labute approximate surface area is 152 Å². The molecule has 0 bridgehead atoms. The van der Waals surface area contributed by atoms with Crippen molar-refractivity contribution in [2.75, 3.05) is 12.4 Å². The van der Waals surface area contributed by atoms with E-state index in [1.807, 2.05) is 53.9 Å². The molecule has 24 heavy (non-hydrogen) atoms. The molecule has 0 radical (unpaired) electrons. The van der Waals surface area contributed by atoms with E-state index in [9.17, 15) is 4.79 Å². The molecule has 1 amide bonds. The lowest BCUT2D eigenvalue weighted by atomic mass is 10.1. The summed E-state index contributed by atoms with van der Waals surface area (Å²) in [4.78, 5) is 16.6. The molecule has 3 rings (SSSR count). The van der Waals surface area contributed by atoms with Crippen LogP contribution in [0.4, 0.5) is 5.13 Å². The number of rotatable bonds is 5. The number of nitrogens with one attached hydrogen (secondary N) is 1. The third-order valence-corrected chi connectivity index (χ3v) is 4.78. The van der Waals surface area contributed by atoms with Crippen LogP contribution in [0.25, 0.3) is 11.3 Å². The van der Waals surface area contributed by atoms with Crippen molar-refractivity contribution in [2.24, 2.45) is 0 Å². The van der Waals surface area contributed by atoms with Crippen molar-refractivity contribution in [2.45, 2.75) is 6.42 Å². The Kier molecular flexibility index (Phi) is 5.27. The minimum absolute atomic E-state index is 0.0713. The first kappa shape index (κ1) is 16.7. The average Bonchev–Trinajstić information content (AvgIpc) is 3.04. The Morgan fingerprint density at radius 2 is 2.04 bits per heavy atom. The van der Waals surface area contributed by atoms with Crippen molar-refractivity contribution >= 4 is 38.3 Å². The quantitative estimate of drug-likeness (QED) is 0.668. The van der Waals surface area contributed by atoms with Gasteiger partial charge in [0.15, 0.2) is 5.13 Å². The fraction of sp³-hybridized carbons (Fsp3) is 0.111. The molecule has 0 unspecified atom stereocenters. The predicted octanol–water partition coefficient (Wildman–Crippen LogP) is 4.76. The van der Waals surface area contributed by atoms with Gasteiger partial charge in [0.25, 0.3) is 0 Å². The molecule has 0 aliphatic carbocycles. The minimum Gasteiger partial charge on any atom is -0.496 e. The van der Waals surface area contributed by atoms with E-state index in [1.165, 1.54) is 11.3 Å². The van der Waals surface area contributed by atoms with E-state index in [2.05, 4.69) is 26.2 Å². The monoisotopic (exact) mass is 402 g/mol. The molecule has 1 N–H and O–H groups in total. The molecular weight excluding hydrogens is 388 g/mol. The second-order valence-electron chi connectivity index (χ2n) is 5.10. The summed E-state index contributed by atoms with van der Waals surface area (Å²) >= 11 is 4.88. The molecule has 6 heteroatoms. The Balaban J connectivity index is 1.69. The van der Waals surface area contributed by atoms with Crippen molar-refractivity contribution in [1.82, 2.24) is 4.98 Å². The third kappa shape index (κ3) is 4.01. The van der Waals surface area contributed by atoms with Crippen LogP contribution in [0.3, 0.4) is 0 Å². The first-order valence-electron chi connectivity index (χ1n) is 7.29. The highest BCUT2D eigenvalue weighted by molar-refractivity contribution is 9.10. The van der Waals surface area contributed by atoms with Crippen LogP contribution in [0.2, 0.25) is 0 Å². The van der Waals surface area contributed by atoms with Crippen LogP contribution in [0.15, 0.2) is 58.4 Å². The Morgan fingerprint density at radius 3 is 2.75 bits per heavy atom. The average molecular weight is 403 g/mol. The normalized spacial score (nSPS) is 10.4. The van der Waals surface area contributed by atoms with Crippen LogP contribution in [-0.4, -0.2) is 18.0 Å². The van der Waals surface area contributed by atoms with Gasteiger partial charge in [-0.2, -0.15) is 0 Å². The third-order valence-electron chi connectivity index (χ3n) is 3.41. The summed E-state index contributed by atoms with van der Waals surface area (Å²) in [6, 6.07) is 15.4. The lowest BCUT2D eigenvalue weighted by Crippen LogP contribution is -2.14. The molecule has 122 valence electrons. The number of methoxy groups -OCH3 is 1. The highest BCUT2D eigenvalue weighted by Gasteiger charge is 2.10. The van der Waals surface area contributed by atoms with Gasteiger partial charge < -0.3 is 10.1 Å². The standard InChI is InChI=1S/C18H15BrN2O2S/c1-23-16-8-7-13(10-14(16)19)15-11-24-18(20-15)21-17(22)9-12-5-3-2-4-6-12/h2-8,10-11H,9H2,1H3,(H,20,21,22). The lowest BCUT2D eigenvalue weighted by Gasteiger charge is -2.04. The molecule has 3 aromatic rings. The number of hydrogen-bond acceptors (Lipinski definition) is 4. The van der Waals surface area contributed by atoms with E-state index < -0.39 is 0 Å². The summed E-state index contributed by atoms with van der Waals surface area (Å²) in [6.07, 6.45) is 0.337. The molecular formula is C18H15BrN2O2S. The van der Waals surface area contributed by atoms with Gasteiger partial charge in [-0.25, -0.2) is 4.98 Å². The van der Waals surface area contributed by atoms with Crippen LogP contribution in [-0.2, 0) is 11.2 Å². The molecule has 2 aromatic carbocycles. The zero-order chi connectivity index (χ0) is 16.9. The van der Waals surface area contributed by atoms with Gasteiger partial charge in [-0.3, -0.25) is 4.79 Å². The number of carbonyl (C=O) groups is 1. The summed E-state index contributed by atoms with van der Waals surface area (Å²) in [5, 5.41) is 5.37. The second kappa shape index (κ2) is 7.59. The summed E-state index contributed by atoms with van der Waals surface area (Å²) in [5.74, 6) is 0.698. The lowest BCUT2D eigenvalue weighted by molar-refractivity contribution is -0.115. The maximum atomic E-state index is 12.1. The van der Waals surface area contributed by atoms with Crippen molar-refractivity contribution in [3.05, 3.63) is 63.9 Å². The van der Waals surface area contributed by atoms with Gasteiger partial charge in [0.2, 0.25) is 5.91 Å². The largest absolute Gasteiger partial charge is 0.496 e. The topological polar surface area (TPSA) is 51.2 Å². The van der Waals surface area contributed by atoms with Crippen LogP contribution in [0, 0.1) is 0 Å². The van der Waals surface area contributed by atoms with Crippen LogP contribution in [0.5, 0.6) is 5.75 Å². The van der Waals surface area contributed by atoms with Gasteiger partial charge >= 0.3 is 0 Å². The second-order valence-corrected chi connectivity index (χ2v) is 6.81. The van der Waals surface area contributed by atoms with Crippen LogP contribution < -0.4 is 10.1 Å². The smallest absolute Gasteiger partial charge is 0.230 e. The highest BCUT2D eigenvalue weighted by atomic mass is 79.9. The SMILES string of the molecule is COc1ccc(-c2csc(NC(=O)Cc3ccccc3)n2)cc1Br. The molecule has 4 nitrogen and oxygen atoms in total. The molecule has 0 aliphatic rings. The number of carbonyl (C=O) groups excluding carboxylic acids is 1. The fourth-order valence-corrected chi connectivity index (χ4v) is 3.51. The van der Waals surface area contributed by atoms with E-state index >= 15 is 0 Å². The molecule has 1 heterocycles. The number of hydrogen-bond donors (Lipinski definition) is 1. The number of ether oxygens (including phenoxy) is 1. The molecule has 0 fully saturated rings. The molecule has 0 saturated heterocycles. The van der Waals surface area contributed by atoms with E-state index in [-0.39, 0.29) is 5.91 Å². The Hall–Kier alpha value is -2.18. The van der Waals surface area contributed by atoms with Gasteiger partial charge in [0.05, 0.1) is 23.7 Å². The highest BCUT2D eigenvalue weighted by Crippen LogP contribution is 2.32. The summed E-state index contributed by atoms with van der Waals surface area (Å²) in [5.41, 5.74) is 2.76. The number of thiazole rings is 1. The molecule has 1 aromatic heterocycles. The van der Waals surface area contributed by atoms with Gasteiger partial charge in [0.1, 0.15) is 5.75 Å². The van der Waals surface area contributed by atoms with E-state index in [4.69, 9.17) is 4.74 Å². The first-order valence-corrected chi connectivity index (χ1v) is 8.96. The Bertz CT molecular complexity index is 849. The Morgan fingerprint density at radius 1 is 1.25 bits per heavy atom. The van der Waals surface area contributed by atoms with Gasteiger partial charge in [-0.15, -0.1) is 11.3 Å². The minimum atomic E-state index is -0.0713. The maximum Gasteiger partial charge on any atom is 0.230 e.